The molecule has 1 aromatic carbocycles. The summed E-state index contributed by atoms with van der Waals surface area (Å²) < 4.78 is 10.5. The fraction of sp³-hybridized carbons (Fsp3) is 0.500. The molecule has 0 unspecified atom stereocenters. The summed E-state index contributed by atoms with van der Waals surface area (Å²) in [6.45, 7) is 2.22. The first-order valence-electron chi connectivity index (χ1n) is 6.99. The van der Waals surface area contributed by atoms with Crippen molar-refractivity contribution in [2.24, 2.45) is 5.73 Å². The number of halogens is 1. The van der Waals surface area contributed by atoms with Crippen molar-refractivity contribution < 1.29 is 14.3 Å². The number of fused-ring (bicyclic) bond motifs is 1. The monoisotopic (exact) mass is 311 g/mol. The minimum Gasteiger partial charge on any atom is -0.454 e. The molecule has 114 valence electrons. The Hall–Kier alpha value is -1.50. The molecule has 1 aromatic rings. The normalized spacial score (nSPS) is 18.8. The van der Waals surface area contributed by atoms with E-state index in [2.05, 4.69) is 10.2 Å². The van der Waals surface area contributed by atoms with Crippen molar-refractivity contribution in [3.63, 3.8) is 0 Å². The van der Waals surface area contributed by atoms with Crippen LogP contribution in [0.3, 0.4) is 0 Å². The zero-order valence-corrected chi connectivity index (χ0v) is 12.4. The average Bonchev–Trinajstić information content (AvgIpc) is 2.89. The van der Waals surface area contributed by atoms with Gasteiger partial charge in [-0.15, -0.1) is 0 Å². The summed E-state index contributed by atoms with van der Waals surface area (Å²) in [5, 5.41) is 3.26. The number of nitrogens with zero attached hydrogens (tertiary/aromatic N) is 1. The molecular weight excluding hydrogens is 294 g/mol. The van der Waals surface area contributed by atoms with E-state index in [1.165, 1.54) is 0 Å². The number of anilines is 1. The van der Waals surface area contributed by atoms with Gasteiger partial charge < -0.3 is 20.5 Å². The number of piperidine rings is 1. The maximum Gasteiger partial charge on any atom is 0.238 e. The van der Waals surface area contributed by atoms with Crippen LogP contribution in [0, 0.1) is 0 Å². The van der Waals surface area contributed by atoms with Crippen molar-refractivity contribution in [3.05, 3.63) is 17.2 Å². The van der Waals surface area contributed by atoms with Gasteiger partial charge in [0.05, 0.1) is 17.3 Å². The molecule has 0 radical (unpaired) electrons. The molecule has 6 nitrogen and oxygen atoms in total. The summed E-state index contributed by atoms with van der Waals surface area (Å²) in [4.78, 5) is 14.2. The predicted molar refractivity (Wildman–Crippen MR) is 79.9 cm³/mol. The summed E-state index contributed by atoms with van der Waals surface area (Å²) in [6, 6.07) is 3.60. The third-order valence-electron chi connectivity index (χ3n) is 3.74. The zero-order chi connectivity index (χ0) is 14.8. The van der Waals surface area contributed by atoms with Gasteiger partial charge in [0.2, 0.25) is 12.7 Å². The van der Waals surface area contributed by atoms with Crippen molar-refractivity contribution in [1.29, 1.82) is 0 Å². The molecule has 0 aromatic heterocycles. The Balaban J connectivity index is 1.60. The lowest BCUT2D eigenvalue weighted by molar-refractivity contribution is -0.117. The third-order valence-corrected chi connectivity index (χ3v) is 4.05. The van der Waals surface area contributed by atoms with Crippen molar-refractivity contribution in [1.82, 2.24) is 4.90 Å². The first-order valence-corrected chi connectivity index (χ1v) is 7.36. The highest BCUT2D eigenvalue weighted by Gasteiger charge is 2.20. The third kappa shape index (κ3) is 3.40. The molecule has 0 aliphatic carbocycles. The SMILES string of the molecule is NC1CCN(CC(=O)Nc2cc3c(cc2Cl)OCO3)CC1. The number of amides is 1. The van der Waals surface area contributed by atoms with Crippen LogP contribution in [0.5, 0.6) is 11.5 Å². The largest absolute Gasteiger partial charge is 0.454 e. The first kappa shape index (κ1) is 14.4. The highest BCUT2D eigenvalue weighted by atomic mass is 35.5. The van der Waals surface area contributed by atoms with Crippen LogP contribution in [0.25, 0.3) is 0 Å². The van der Waals surface area contributed by atoms with E-state index in [4.69, 9.17) is 26.8 Å². The van der Waals surface area contributed by atoms with E-state index in [0.29, 0.717) is 28.8 Å². The Labute approximate surface area is 128 Å². The van der Waals surface area contributed by atoms with E-state index in [1.807, 2.05) is 0 Å². The lowest BCUT2D eigenvalue weighted by Gasteiger charge is -2.29. The zero-order valence-electron chi connectivity index (χ0n) is 11.6. The summed E-state index contributed by atoms with van der Waals surface area (Å²) in [7, 11) is 0. The number of carbonyl (C=O) groups excluding carboxylic acids is 1. The van der Waals surface area contributed by atoms with Gasteiger partial charge in [0.25, 0.3) is 0 Å². The molecule has 1 amide bonds. The number of nitrogens with one attached hydrogen (secondary N) is 1. The van der Waals surface area contributed by atoms with Crippen molar-refractivity contribution >= 4 is 23.2 Å². The number of hydrogen-bond donors (Lipinski definition) is 2. The summed E-state index contributed by atoms with van der Waals surface area (Å²) in [5.74, 6) is 1.10. The molecule has 0 bridgehead atoms. The maximum absolute atomic E-state index is 12.1. The number of rotatable bonds is 3. The first-order chi connectivity index (χ1) is 10.1. The molecule has 1 fully saturated rings. The molecule has 0 spiro atoms. The molecule has 2 aliphatic heterocycles. The van der Waals surface area contributed by atoms with Gasteiger partial charge >= 0.3 is 0 Å². The average molecular weight is 312 g/mol. The molecule has 0 atom stereocenters. The van der Waals surface area contributed by atoms with Gasteiger partial charge in [0.15, 0.2) is 11.5 Å². The van der Waals surface area contributed by atoms with Crippen molar-refractivity contribution in [3.8, 4) is 11.5 Å². The topological polar surface area (TPSA) is 76.8 Å². The van der Waals surface area contributed by atoms with Crippen LogP contribution in [0.2, 0.25) is 5.02 Å². The summed E-state index contributed by atoms with van der Waals surface area (Å²) in [6.07, 6.45) is 1.86. The smallest absolute Gasteiger partial charge is 0.238 e. The Kier molecular flexibility index (Phi) is 4.19. The van der Waals surface area contributed by atoms with E-state index in [-0.39, 0.29) is 18.7 Å². The van der Waals surface area contributed by atoms with Gasteiger partial charge in [0, 0.05) is 31.3 Å². The molecule has 3 rings (SSSR count). The lowest BCUT2D eigenvalue weighted by Crippen LogP contribution is -2.43. The predicted octanol–water partition coefficient (Wildman–Crippen LogP) is 1.43. The van der Waals surface area contributed by atoms with Crippen LogP contribution >= 0.6 is 11.6 Å². The minimum atomic E-state index is -0.0914. The van der Waals surface area contributed by atoms with Gasteiger partial charge in [-0.25, -0.2) is 0 Å². The van der Waals surface area contributed by atoms with Gasteiger partial charge in [-0.05, 0) is 12.8 Å². The highest BCUT2D eigenvalue weighted by Crippen LogP contribution is 2.39. The second kappa shape index (κ2) is 6.09. The molecule has 3 N–H and O–H groups in total. The second-order valence-corrected chi connectivity index (χ2v) is 5.75. The van der Waals surface area contributed by atoms with E-state index < -0.39 is 0 Å². The van der Waals surface area contributed by atoms with E-state index in [0.717, 1.165) is 25.9 Å². The van der Waals surface area contributed by atoms with E-state index in [9.17, 15) is 4.79 Å². The van der Waals surface area contributed by atoms with Crippen LogP contribution in [-0.2, 0) is 4.79 Å². The minimum absolute atomic E-state index is 0.0914. The van der Waals surface area contributed by atoms with E-state index in [1.54, 1.807) is 12.1 Å². The molecule has 2 heterocycles. The maximum atomic E-state index is 12.1. The number of ether oxygens (including phenoxy) is 2. The number of nitrogens with two attached hydrogens (primary N) is 1. The number of benzene rings is 1. The number of carbonyl (C=O) groups is 1. The Morgan fingerprint density at radius 3 is 2.71 bits per heavy atom. The van der Waals surface area contributed by atoms with Crippen LogP contribution in [0.4, 0.5) is 5.69 Å². The Bertz CT molecular complexity index is 545. The summed E-state index contributed by atoms with van der Waals surface area (Å²) >= 11 is 6.13. The van der Waals surface area contributed by atoms with Crippen LogP contribution in [0.15, 0.2) is 12.1 Å². The fourth-order valence-electron chi connectivity index (χ4n) is 2.52. The van der Waals surface area contributed by atoms with Gasteiger partial charge in [-0.1, -0.05) is 11.6 Å². The summed E-state index contributed by atoms with van der Waals surface area (Å²) in [5.41, 5.74) is 6.39. The van der Waals surface area contributed by atoms with Crippen LogP contribution in [0.1, 0.15) is 12.8 Å². The fourth-order valence-corrected chi connectivity index (χ4v) is 2.72. The standard InChI is InChI=1S/C14H18ClN3O3/c15-10-5-12-13(21-8-20-12)6-11(10)17-14(19)7-18-3-1-9(16)2-4-18/h5-6,9H,1-4,7-8,16H2,(H,17,19). The van der Waals surface area contributed by atoms with Gasteiger partial charge in [0.1, 0.15) is 0 Å². The molecule has 21 heavy (non-hydrogen) atoms. The highest BCUT2D eigenvalue weighted by molar-refractivity contribution is 6.34. The Morgan fingerprint density at radius 2 is 2.00 bits per heavy atom. The van der Waals surface area contributed by atoms with Gasteiger partial charge in [-0.3, -0.25) is 9.69 Å². The molecule has 7 heteroatoms. The quantitative estimate of drug-likeness (QED) is 0.883. The Morgan fingerprint density at radius 1 is 1.33 bits per heavy atom. The lowest BCUT2D eigenvalue weighted by atomic mass is 10.1. The number of likely N-dealkylation sites (tertiary alicyclic amines) is 1. The van der Waals surface area contributed by atoms with Crippen LogP contribution < -0.4 is 20.5 Å². The number of hydrogen-bond acceptors (Lipinski definition) is 5. The van der Waals surface area contributed by atoms with Gasteiger partial charge in [-0.2, -0.15) is 0 Å². The molecular formula is C14H18ClN3O3. The van der Waals surface area contributed by atoms with Crippen molar-refractivity contribution in [2.45, 2.75) is 18.9 Å². The molecule has 2 aliphatic rings. The molecule has 1 saturated heterocycles. The second-order valence-electron chi connectivity index (χ2n) is 5.35. The molecule has 0 saturated carbocycles. The van der Waals surface area contributed by atoms with Crippen molar-refractivity contribution in [2.75, 3.05) is 31.7 Å². The van der Waals surface area contributed by atoms with Crippen LogP contribution in [-0.4, -0.2) is 43.3 Å². The van der Waals surface area contributed by atoms with E-state index >= 15 is 0 Å².